The molecule has 0 aliphatic heterocycles. The second-order valence-corrected chi connectivity index (χ2v) is 2.89. The van der Waals surface area contributed by atoms with E-state index in [1.54, 1.807) is 24.5 Å². The van der Waals surface area contributed by atoms with E-state index in [4.69, 9.17) is 0 Å². The molecule has 3 nitrogen and oxygen atoms in total. The Balaban J connectivity index is 2.37. The number of nitrogens with zero attached hydrogens (tertiary/aromatic N) is 1. The van der Waals surface area contributed by atoms with E-state index in [0.29, 0.717) is 6.42 Å². The molecule has 0 aliphatic rings. The molecule has 0 fully saturated rings. The average molecular weight is 178 g/mol. The van der Waals surface area contributed by atoms with Gasteiger partial charge in [-0.15, -0.1) is 0 Å². The van der Waals surface area contributed by atoms with E-state index in [9.17, 15) is 4.79 Å². The van der Waals surface area contributed by atoms with Gasteiger partial charge in [-0.3, -0.25) is 9.78 Å². The van der Waals surface area contributed by atoms with Gasteiger partial charge in [-0.05, 0) is 18.6 Å². The first-order valence-electron chi connectivity index (χ1n) is 4.53. The van der Waals surface area contributed by atoms with Crippen molar-refractivity contribution in [3.8, 4) is 0 Å². The standard InChI is InChI=1S/C10H14N2O/c1-2-3-4-10(13)12-9-5-7-11-8-6-9/h5-8H,2-4H2,1H3,(H,11,12,13). The molecule has 0 saturated heterocycles. The third-order valence-electron chi connectivity index (χ3n) is 1.72. The Bertz CT molecular complexity index is 259. The Kier molecular flexibility index (Phi) is 3.96. The van der Waals surface area contributed by atoms with Gasteiger partial charge < -0.3 is 5.32 Å². The lowest BCUT2D eigenvalue weighted by Crippen LogP contribution is -2.10. The van der Waals surface area contributed by atoms with E-state index in [1.165, 1.54) is 0 Å². The summed E-state index contributed by atoms with van der Waals surface area (Å²) in [5.74, 6) is 0.0769. The maximum Gasteiger partial charge on any atom is 0.224 e. The number of rotatable bonds is 4. The molecule has 0 radical (unpaired) electrons. The Morgan fingerprint density at radius 3 is 2.77 bits per heavy atom. The Morgan fingerprint density at radius 1 is 1.46 bits per heavy atom. The summed E-state index contributed by atoms with van der Waals surface area (Å²) in [6.07, 6.45) is 5.91. The third-order valence-corrected chi connectivity index (χ3v) is 1.72. The van der Waals surface area contributed by atoms with Crippen molar-refractivity contribution in [2.75, 3.05) is 5.32 Å². The summed E-state index contributed by atoms with van der Waals surface area (Å²) in [7, 11) is 0. The Morgan fingerprint density at radius 2 is 2.15 bits per heavy atom. The fourth-order valence-electron chi connectivity index (χ4n) is 0.996. The van der Waals surface area contributed by atoms with Crippen molar-refractivity contribution in [2.24, 2.45) is 0 Å². The molecule has 0 spiro atoms. The minimum atomic E-state index is 0.0769. The minimum Gasteiger partial charge on any atom is -0.326 e. The summed E-state index contributed by atoms with van der Waals surface area (Å²) in [5.41, 5.74) is 0.816. The fraction of sp³-hybridized carbons (Fsp3) is 0.400. The molecule has 70 valence electrons. The Hall–Kier alpha value is -1.38. The van der Waals surface area contributed by atoms with Gasteiger partial charge >= 0.3 is 0 Å². The number of anilines is 1. The monoisotopic (exact) mass is 178 g/mol. The van der Waals surface area contributed by atoms with E-state index in [1.807, 2.05) is 0 Å². The van der Waals surface area contributed by atoms with Gasteiger partial charge in [-0.1, -0.05) is 13.3 Å². The lowest BCUT2D eigenvalue weighted by Gasteiger charge is -2.02. The van der Waals surface area contributed by atoms with Crippen LogP contribution in [0, 0.1) is 0 Å². The predicted octanol–water partition coefficient (Wildman–Crippen LogP) is 2.21. The quantitative estimate of drug-likeness (QED) is 0.768. The van der Waals surface area contributed by atoms with E-state index >= 15 is 0 Å². The lowest BCUT2D eigenvalue weighted by atomic mass is 10.2. The van der Waals surface area contributed by atoms with Crippen molar-refractivity contribution in [1.29, 1.82) is 0 Å². The first kappa shape index (κ1) is 9.71. The molecular weight excluding hydrogens is 164 g/mol. The molecule has 1 aromatic heterocycles. The van der Waals surface area contributed by atoms with Crippen LogP contribution in [0.15, 0.2) is 24.5 Å². The average Bonchev–Trinajstić information content (AvgIpc) is 2.16. The van der Waals surface area contributed by atoms with Crippen LogP contribution in [0.3, 0.4) is 0 Å². The zero-order valence-electron chi connectivity index (χ0n) is 7.79. The minimum absolute atomic E-state index is 0.0769. The van der Waals surface area contributed by atoms with Crippen molar-refractivity contribution < 1.29 is 4.79 Å². The zero-order chi connectivity index (χ0) is 9.52. The van der Waals surface area contributed by atoms with Gasteiger partial charge in [0.25, 0.3) is 0 Å². The number of nitrogens with one attached hydrogen (secondary N) is 1. The normalized spacial score (nSPS) is 9.62. The molecule has 0 atom stereocenters. The van der Waals surface area contributed by atoms with Crippen molar-refractivity contribution in [2.45, 2.75) is 26.2 Å². The van der Waals surface area contributed by atoms with E-state index in [0.717, 1.165) is 18.5 Å². The summed E-state index contributed by atoms with van der Waals surface area (Å²) < 4.78 is 0. The van der Waals surface area contributed by atoms with Gasteiger partial charge in [0.1, 0.15) is 0 Å². The van der Waals surface area contributed by atoms with Crippen LogP contribution >= 0.6 is 0 Å². The first-order chi connectivity index (χ1) is 6.33. The molecule has 0 aromatic carbocycles. The number of hydrogen-bond donors (Lipinski definition) is 1. The van der Waals surface area contributed by atoms with E-state index < -0.39 is 0 Å². The molecule has 13 heavy (non-hydrogen) atoms. The van der Waals surface area contributed by atoms with Crippen LogP contribution in [0.5, 0.6) is 0 Å². The predicted molar refractivity (Wildman–Crippen MR) is 52.4 cm³/mol. The van der Waals surface area contributed by atoms with Gasteiger partial charge in [-0.2, -0.15) is 0 Å². The molecule has 1 aromatic rings. The topological polar surface area (TPSA) is 42.0 Å². The maximum absolute atomic E-state index is 11.2. The molecule has 1 N–H and O–H groups in total. The molecule has 1 amide bonds. The van der Waals surface area contributed by atoms with Gasteiger partial charge in [0.2, 0.25) is 5.91 Å². The molecule has 0 saturated carbocycles. The molecule has 3 heteroatoms. The number of carbonyl (C=O) groups excluding carboxylic acids is 1. The van der Waals surface area contributed by atoms with E-state index in [2.05, 4.69) is 17.2 Å². The van der Waals surface area contributed by atoms with Crippen LogP contribution < -0.4 is 5.32 Å². The van der Waals surface area contributed by atoms with E-state index in [-0.39, 0.29) is 5.91 Å². The van der Waals surface area contributed by atoms with Crippen LogP contribution in [-0.2, 0) is 4.79 Å². The van der Waals surface area contributed by atoms with Crippen LogP contribution in [-0.4, -0.2) is 10.9 Å². The van der Waals surface area contributed by atoms with Crippen molar-refractivity contribution in [1.82, 2.24) is 4.98 Å². The van der Waals surface area contributed by atoms with Gasteiger partial charge in [-0.25, -0.2) is 0 Å². The Labute approximate surface area is 78.2 Å². The summed E-state index contributed by atoms with van der Waals surface area (Å²) in [6, 6.07) is 3.56. The summed E-state index contributed by atoms with van der Waals surface area (Å²) in [5, 5.41) is 2.80. The molecule has 0 unspecified atom stereocenters. The number of aromatic nitrogens is 1. The van der Waals surface area contributed by atoms with Crippen LogP contribution in [0.1, 0.15) is 26.2 Å². The van der Waals surface area contributed by atoms with Gasteiger partial charge in [0.05, 0.1) is 0 Å². The highest BCUT2D eigenvalue weighted by Crippen LogP contribution is 2.04. The largest absolute Gasteiger partial charge is 0.326 e. The summed E-state index contributed by atoms with van der Waals surface area (Å²) >= 11 is 0. The number of unbranched alkanes of at least 4 members (excludes halogenated alkanes) is 1. The van der Waals surface area contributed by atoms with Gasteiger partial charge in [0, 0.05) is 24.5 Å². The highest BCUT2D eigenvalue weighted by Gasteiger charge is 1.99. The molecule has 0 aliphatic carbocycles. The van der Waals surface area contributed by atoms with Crippen LogP contribution in [0.25, 0.3) is 0 Å². The second kappa shape index (κ2) is 5.30. The molecular formula is C10H14N2O. The number of carbonyl (C=O) groups is 1. The van der Waals surface area contributed by atoms with Crippen molar-refractivity contribution in [3.63, 3.8) is 0 Å². The highest BCUT2D eigenvalue weighted by molar-refractivity contribution is 5.90. The van der Waals surface area contributed by atoms with Crippen LogP contribution in [0.2, 0.25) is 0 Å². The molecule has 0 bridgehead atoms. The van der Waals surface area contributed by atoms with Gasteiger partial charge in [0.15, 0.2) is 0 Å². The molecule has 1 rings (SSSR count). The number of pyridine rings is 1. The van der Waals surface area contributed by atoms with Crippen LogP contribution in [0.4, 0.5) is 5.69 Å². The zero-order valence-corrected chi connectivity index (χ0v) is 7.79. The molecule has 1 heterocycles. The van der Waals surface area contributed by atoms with Crippen molar-refractivity contribution in [3.05, 3.63) is 24.5 Å². The summed E-state index contributed by atoms with van der Waals surface area (Å²) in [4.78, 5) is 15.1. The second-order valence-electron chi connectivity index (χ2n) is 2.89. The van der Waals surface area contributed by atoms with Crippen molar-refractivity contribution >= 4 is 11.6 Å². The smallest absolute Gasteiger partial charge is 0.224 e. The lowest BCUT2D eigenvalue weighted by molar-refractivity contribution is -0.116. The number of hydrogen-bond acceptors (Lipinski definition) is 2. The highest BCUT2D eigenvalue weighted by atomic mass is 16.1. The SMILES string of the molecule is CCCCC(=O)Nc1ccncc1. The number of amides is 1. The summed E-state index contributed by atoms with van der Waals surface area (Å²) in [6.45, 7) is 2.07. The fourth-order valence-corrected chi connectivity index (χ4v) is 0.996. The maximum atomic E-state index is 11.2. The first-order valence-corrected chi connectivity index (χ1v) is 4.53. The third kappa shape index (κ3) is 3.69.